The average molecular weight is 196 g/mol. The van der Waals surface area contributed by atoms with Gasteiger partial charge in [0.15, 0.2) is 0 Å². The fourth-order valence-corrected chi connectivity index (χ4v) is 2.22. The van der Waals surface area contributed by atoms with Crippen molar-refractivity contribution in [2.75, 3.05) is 6.54 Å². The molecule has 4 heteroatoms. The van der Waals surface area contributed by atoms with Gasteiger partial charge in [-0.1, -0.05) is 19.3 Å². The summed E-state index contributed by atoms with van der Waals surface area (Å²) in [6, 6.07) is -0.480. The number of aliphatic imine (C=N–C) groups is 1. The van der Waals surface area contributed by atoms with Crippen LogP contribution in [0.15, 0.2) is 4.99 Å². The van der Waals surface area contributed by atoms with Crippen LogP contribution in [0, 0.1) is 5.92 Å². The second-order valence-corrected chi connectivity index (χ2v) is 4.10. The minimum absolute atomic E-state index is 0.404. The van der Waals surface area contributed by atoms with Gasteiger partial charge in [-0.05, 0) is 12.8 Å². The Kier molecular flexibility index (Phi) is 2.70. The van der Waals surface area contributed by atoms with Crippen molar-refractivity contribution in [3.05, 3.63) is 0 Å². The molecule has 4 nitrogen and oxygen atoms in total. The average Bonchev–Trinajstić information content (AvgIpc) is 2.68. The van der Waals surface area contributed by atoms with E-state index in [9.17, 15) is 4.79 Å². The number of aliphatic carboxylic acids is 1. The van der Waals surface area contributed by atoms with Crippen molar-refractivity contribution in [1.82, 2.24) is 5.32 Å². The molecule has 2 rings (SSSR count). The first-order valence-corrected chi connectivity index (χ1v) is 5.31. The van der Waals surface area contributed by atoms with Crippen LogP contribution in [0.2, 0.25) is 0 Å². The van der Waals surface area contributed by atoms with Gasteiger partial charge in [0.05, 0.1) is 6.54 Å². The van der Waals surface area contributed by atoms with Gasteiger partial charge in [0.25, 0.3) is 0 Å². The maximum Gasteiger partial charge on any atom is 0.328 e. The SMILES string of the molecule is O=C(O)C1CN=C(C2CCCCC2)N1. The number of amidine groups is 1. The van der Waals surface area contributed by atoms with E-state index >= 15 is 0 Å². The monoisotopic (exact) mass is 196 g/mol. The lowest BCUT2D eigenvalue weighted by molar-refractivity contribution is -0.138. The number of nitrogens with one attached hydrogen (secondary N) is 1. The Balaban J connectivity index is 1.90. The van der Waals surface area contributed by atoms with Crippen molar-refractivity contribution in [1.29, 1.82) is 0 Å². The van der Waals surface area contributed by atoms with Crippen LogP contribution >= 0.6 is 0 Å². The summed E-state index contributed by atoms with van der Waals surface area (Å²) >= 11 is 0. The lowest BCUT2D eigenvalue weighted by atomic mass is 9.88. The van der Waals surface area contributed by atoms with Crippen molar-refractivity contribution >= 4 is 11.8 Å². The van der Waals surface area contributed by atoms with Gasteiger partial charge < -0.3 is 10.4 Å². The minimum atomic E-state index is -0.792. The molecule has 0 bridgehead atoms. The van der Waals surface area contributed by atoms with Crippen LogP contribution in [0.1, 0.15) is 32.1 Å². The second-order valence-electron chi connectivity index (χ2n) is 4.10. The molecule has 0 saturated heterocycles. The summed E-state index contributed by atoms with van der Waals surface area (Å²) in [5, 5.41) is 11.8. The van der Waals surface area contributed by atoms with E-state index in [2.05, 4.69) is 10.3 Å². The molecule has 0 aromatic carbocycles. The maximum absolute atomic E-state index is 10.7. The first kappa shape index (κ1) is 9.49. The second kappa shape index (κ2) is 3.98. The summed E-state index contributed by atoms with van der Waals surface area (Å²) in [7, 11) is 0. The van der Waals surface area contributed by atoms with Crippen LogP contribution in [0.3, 0.4) is 0 Å². The molecule has 1 aliphatic heterocycles. The molecule has 1 atom stereocenters. The lowest BCUT2D eigenvalue weighted by Gasteiger charge is -2.22. The molecule has 1 fully saturated rings. The molecule has 0 aromatic heterocycles. The highest BCUT2D eigenvalue weighted by molar-refractivity contribution is 5.91. The summed E-state index contributed by atoms with van der Waals surface area (Å²) in [6.45, 7) is 0.404. The van der Waals surface area contributed by atoms with Crippen LogP contribution in [-0.4, -0.2) is 29.5 Å². The summed E-state index contributed by atoms with van der Waals surface area (Å²) in [5.41, 5.74) is 0. The molecule has 0 amide bonds. The zero-order valence-electron chi connectivity index (χ0n) is 8.20. The van der Waals surface area contributed by atoms with E-state index in [4.69, 9.17) is 5.11 Å². The number of carbonyl (C=O) groups is 1. The summed E-state index contributed by atoms with van der Waals surface area (Å²) < 4.78 is 0. The van der Waals surface area contributed by atoms with Crippen molar-refractivity contribution < 1.29 is 9.90 Å². The maximum atomic E-state index is 10.7. The highest BCUT2D eigenvalue weighted by Gasteiger charge is 2.28. The van der Waals surface area contributed by atoms with Gasteiger partial charge in [-0.3, -0.25) is 4.99 Å². The number of hydrogen-bond donors (Lipinski definition) is 2. The smallest absolute Gasteiger partial charge is 0.328 e. The molecule has 0 spiro atoms. The van der Waals surface area contributed by atoms with E-state index in [1.807, 2.05) is 0 Å². The van der Waals surface area contributed by atoms with Crippen LogP contribution in [0.25, 0.3) is 0 Å². The highest BCUT2D eigenvalue weighted by Crippen LogP contribution is 2.25. The van der Waals surface area contributed by atoms with Gasteiger partial charge in [-0.2, -0.15) is 0 Å². The van der Waals surface area contributed by atoms with Gasteiger partial charge in [-0.15, -0.1) is 0 Å². The standard InChI is InChI=1S/C10H16N2O2/c13-10(14)8-6-11-9(12-8)7-4-2-1-3-5-7/h7-8H,1-6H2,(H,11,12)(H,13,14). The Morgan fingerprint density at radius 1 is 1.36 bits per heavy atom. The summed E-state index contributed by atoms with van der Waals surface area (Å²) in [4.78, 5) is 15.0. The van der Waals surface area contributed by atoms with E-state index in [-0.39, 0.29) is 0 Å². The third-order valence-corrected chi connectivity index (χ3v) is 3.06. The molecule has 2 N–H and O–H groups in total. The molecule has 0 aromatic rings. The van der Waals surface area contributed by atoms with Crippen LogP contribution in [0.4, 0.5) is 0 Å². The van der Waals surface area contributed by atoms with E-state index < -0.39 is 12.0 Å². The normalized spacial score (nSPS) is 28.3. The zero-order valence-corrected chi connectivity index (χ0v) is 8.20. The molecule has 78 valence electrons. The topological polar surface area (TPSA) is 61.7 Å². The molecule has 0 radical (unpaired) electrons. The molecule has 1 saturated carbocycles. The third kappa shape index (κ3) is 1.89. The predicted molar refractivity (Wildman–Crippen MR) is 53.4 cm³/mol. The van der Waals surface area contributed by atoms with Gasteiger partial charge >= 0.3 is 5.97 Å². The minimum Gasteiger partial charge on any atom is -0.480 e. The van der Waals surface area contributed by atoms with E-state index in [0.29, 0.717) is 12.5 Å². The van der Waals surface area contributed by atoms with Crippen LogP contribution in [-0.2, 0) is 4.79 Å². The highest BCUT2D eigenvalue weighted by atomic mass is 16.4. The van der Waals surface area contributed by atoms with Gasteiger partial charge in [-0.25, -0.2) is 4.79 Å². The number of rotatable bonds is 2. The van der Waals surface area contributed by atoms with E-state index in [1.165, 1.54) is 19.3 Å². The van der Waals surface area contributed by atoms with E-state index in [0.717, 1.165) is 18.7 Å². The molecule has 1 aliphatic carbocycles. The van der Waals surface area contributed by atoms with Crippen molar-refractivity contribution in [2.45, 2.75) is 38.1 Å². The summed E-state index contributed by atoms with van der Waals surface area (Å²) in [6.07, 6.45) is 6.15. The van der Waals surface area contributed by atoms with Gasteiger partial charge in [0, 0.05) is 5.92 Å². The van der Waals surface area contributed by atoms with Crippen LogP contribution in [0.5, 0.6) is 0 Å². The number of nitrogens with zero attached hydrogens (tertiary/aromatic N) is 1. The van der Waals surface area contributed by atoms with Crippen molar-refractivity contribution in [3.8, 4) is 0 Å². The lowest BCUT2D eigenvalue weighted by Crippen LogP contribution is -2.40. The Hall–Kier alpha value is -1.06. The Bertz CT molecular complexity index is 257. The third-order valence-electron chi connectivity index (χ3n) is 3.06. The Labute approximate surface area is 83.4 Å². The Morgan fingerprint density at radius 2 is 2.07 bits per heavy atom. The van der Waals surface area contributed by atoms with Crippen molar-refractivity contribution in [2.24, 2.45) is 10.9 Å². The molecule has 1 unspecified atom stereocenters. The first-order chi connectivity index (χ1) is 6.77. The fourth-order valence-electron chi connectivity index (χ4n) is 2.22. The number of carboxylic acid groups (broad SMARTS) is 1. The van der Waals surface area contributed by atoms with E-state index in [1.54, 1.807) is 0 Å². The molecular formula is C10H16N2O2. The largest absolute Gasteiger partial charge is 0.480 e. The Morgan fingerprint density at radius 3 is 2.64 bits per heavy atom. The molecule has 14 heavy (non-hydrogen) atoms. The molecule has 2 aliphatic rings. The van der Waals surface area contributed by atoms with Crippen molar-refractivity contribution in [3.63, 3.8) is 0 Å². The summed E-state index contributed by atoms with van der Waals surface area (Å²) in [5.74, 6) is 0.643. The number of hydrogen-bond acceptors (Lipinski definition) is 3. The predicted octanol–water partition coefficient (Wildman–Crippen LogP) is 1.02. The molecule has 1 heterocycles. The van der Waals surface area contributed by atoms with Gasteiger partial charge in [0.1, 0.15) is 11.9 Å². The number of carboxylic acids is 1. The fraction of sp³-hybridized carbons (Fsp3) is 0.800. The first-order valence-electron chi connectivity index (χ1n) is 5.31. The molecular weight excluding hydrogens is 180 g/mol. The quantitative estimate of drug-likeness (QED) is 0.693. The van der Waals surface area contributed by atoms with Crippen LogP contribution < -0.4 is 5.32 Å². The van der Waals surface area contributed by atoms with Gasteiger partial charge in [0.2, 0.25) is 0 Å². The zero-order chi connectivity index (χ0) is 9.97.